The Kier molecular flexibility index (Phi) is 7.43. The first kappa shape index (κ1) is 30.6. The van der Waals surface area contributed by atoms with Crippen molar-refractivity contribution < 1.29 is 4.42 Å². The number of fused-ring (bicyclic) bond motifs is 5. The predicted octanol–water partition coefficient (Wildman–Crippen LogP) is 12.9. The van der Waals surface area contributed by atoms with Crippen LogP contribution >= 0.6 is 0 Å². The van der Waals surface area contributed by atoms with Crippen LogP contribution in [0.25, 0.3) is 100 Å². The van der Waals surface area contributed by atoms with Crippen LogP contribution in [-0.4, -0.2) is 15.0 Å². The van der Waals surface area contributed by atoms with E-state index < -0.39 is 0 Å². The molecule has 0 saturated heterocycles. The highest BCUT2D eigenvalue weighted by Gasteiger charge is 2.20. The number of hydrogen-bond donors (Lipinski definition) is 0. The molecule has 53 heavy (non-hydrogen) atoms. The molecule has 4 nitrogen and oxygen atoms in total. The fraction of sp³-hybridized carbons (Fsp3) is 0. The normalized spacial score (nSPS) is 11.4. The Morgan fingerprint density at radius 1 is 0.358 bits per heavy atom. The SMILES string of the molecule is c1ccc(-c2ccc(-c3cc(-c4ccc(-c5cccc6nc(-c7ccccc7)c7c8ccccc8oc7c56)cc4)nc(-c4ccccc4)n3)cc2)cc1. The van der Waals surface area contributed by atoms with Crippen LogP contribution < -0.4 is 0 Å². The van der Waals surface area contributed by atoms with E-state index in [-0.39, 0.29) is 0 Å². The van der Waals surface area contributed by atoms with Crippen molar-refractivity contribution in [3.63, 3.8) is 0 Å². The predicted molar refractivity (Wildman–Crippen MR) is 217 cm³/mol. The maximum absolute atomic E-state index is 6.67. The zero-order valence-electron chi connectivity index (χ0n) is 28.6. The zero-order chi connectivity index (χ0) is 35.1. The summed E-state index contributed by atoms with van der Waals surface area (Å²) in [6.07, 6.45) is 0. The van der Waals surface area contributed by atoms with Gasteiger partial charge in [-0.05, 0) is 40.5 Å². The summed E-state index contributed by atoms with van der Waals surface area (Å²) in [5, 5.41) is 3.09. The van der Waals surface area contributed by atoms with Crippen LogP contribution in [-0.2, 0) is 0 Å². The van der Waals surface area contributed by atoms with Gasteiger partial charge in [0.05, 0.1) is 33.4 Å². The summed E-state index contributed by atoms with van der Waals surface area (Å²) in [4.78, 5) is 15.4. The average molecular weight is 678 g/mol. The molecule has 0 aliphatic carbocycles. The van der Waals surface area contributed by atoms with E-state index in [1.54, 1.807) is 0 Å². The van der Waals surface area contributed by atoms with Crippen LogP contribution in [0.4, 0.5) is 0 Å². The Bertz CT molecular complexity index is 2900. The van der Waals surface area contributed by atoms with E-state index in [0.717, 1.165) is 83.3 Å². The van der Waals surface area contributed by atoms with Gasteiger partial charge in [0.25, 0.3) is 0 Å². The van der Waals surface area contributed by atoms with E-state index in [1.165, 1.54) is 11.1 Å². The van der Waals surface area contributed by atoms with Crippen LogP contribution in [0.5, 0.6) is 0 Å². The number of nitrogens with zero attached hydrogens (tertiary/aromatic N) is 3. The molecule has 3 heterocycles. The van der Waals surface area contributed by atoms with E-state index in [1.807, 2.05) is 42.5 Å². The van der Waals surface area contributed by atoms with Crippen molar-refractivity contribution in [2.45, 2.75) is 0 Å². The van der Waals surface area contributed by atoms with Crippen molar-refractivity contribution in [1.82, 2.24) is 15.0 Å². The van der Waals surface area contributed by atoms with Crippen molar-refractivity contribution in [3.05, 3.63) is 188 Å². The highest BCUT2D eigenvalue weighted by molar-refractivity contribution is 6.22. The number of para-hydroxylation sites is 1. The quantitative estimate of drug-likeness (QED) is 0.176. The summed E-state index contributed by atoms with van der Waals surface area (Å²) in [5.74, 6) is 0.691. The highest BCUT2D eigenvalue weighted by Crippen LogP contribution is 2.43. The molecular formula is C49H31N3O. The first-order valence-corrected chi connectivity index (χ1v) is 17.8. The van der Waals surface area contributed by atoms with E-state index in [2.05, 4.69) is 146 Å². The van der Waals surface area contributed by atoms with Crippen LogP contribution in [0.15, 0.2) is 192 Å². The summed E-state index contributed by atoms with van der Waals surface area (Å²) < 4.78 is 6.67. The maximum atomic E-state index is 6.67. The molecule has 10 aromatic rings. The van der Waals surface area contributed by atoms with Gasteiger partial charge < -0.3 is 4.42 Å². The largest absolute Gasteiger partial charge is 0.455 e. The summed E-state index contributed by atoms with van der Waals surface area (Å²) in [6.45, 7) is 0. The van der Waals surface area contributed by atoms with Gasteiger partial charge in [-0.1, -0.05) is 170 Å². The van der Waals surface area contributed by atoms with Gasteiger partial charge in [-0.25, -0.2) is 15.0 Å². The molecule has 0 saturated carbocycles. The molecule has 248 valence electrons. The summed E-state index contributed by atoms with van der Waals surface area (Å²) >= 11 is 0. The summed E-state index contributed by atoms with van der Waals surface area (Å²) in [6, 6.07) is 64.8. The maximum Gasteiger partial charge on any atom is 0.160 e. The smallest absolute Gasteiger partial charge is 0.160 e. The Morgan fingerprint density at radius 2 is 0.887 bits per heavy atom. The monoisotopic (exact) mass is 677 g/mol. The van der Waals surface area contributed by atoms with Crippen molar-refractivity contribution in [2.75, 3.05) is 0 Å². The van der Waals surface area contributed by atoms with Crippen molar-refractivity contribution in [1.29, 1.82) is 0 Å². The zero-order valence-corrected chi connectivity index (χ0v) is 28.6. The minimum atomic E-state index is 0.691. The lowest BCUT2D eigenvalue weighted by molar-refractivity contribution is 0.672. The van der Waals surface area contributed by atoms with Gasteiger partial charge in [-0.3, -0.25) is 0 Å². The summed E-state index contributed by atoms with van der Waals surface area (Å²) in [7, 11) is 0. The molecule has 0 spiro atoms. The molecule has 3 aromatic heterocycles. The third-order valence-corrected chi connectivity index (χ3v) is 9.92. The van der Waals surface area contributed by atoms with Gasteiger partial charge >= 0.3 is 0 Å². The molecular weight excluding hydrogens is 647 g/mol. The van der Waals surface area contributed by atoms with E-state index in [0.29, 0.717) is 5.82 Å². The summed E-state index contributed by atoms with van der Waals surface area (Å²) in [5.41, 5.74) is 13.8. The molecule has 0 radical (unpaired) electrons. The van der Waals surface area contributed by atoms with Crippen LogP contribution in [0.1, 0.15) is 0 Å². The second kappa shape index (κ2) is 12.9. The van der Waals surface area contributed by atoms with E-state index in [9.17, 15) is 0 Å². The number of hydrogen-bond acceptors (Lipinski definition) is 4. The van der Waals surface area contributed by atoms with Crippen LogP contribution in [0.3, 0.4) is 0 Å². The third-order valence-electron chi connectivity index (χ3n) is 9.92. The molecule has 0 bridgehead atoms. The molecule has 10 rings (SSSR count). The van der Waals surface area contributed by atoms with Crippen LogP contribution in [0, 0.1) is 0 Å². The average Bonchev–Trinajstić information content (AvgIpc) is 3.64. The molecule has 0 aliphatic rings. The van der Waals surface area contributed by atoms with Crippen LogP contribution in [0.2, 0.25) is 0 Å². The van der Waals surface area contributed by atoms with Gasteiger partial charge in [0, 0.05) is 27.6 Å². The van der Waals surface area contributed by atoms with Crippen molar-refractivity contribution in [2.24, 2.45) is 0 Å². The molecule has 0 N–H and O–H groups in total. The molecule has 0 aliphatic heterocycles. The van der Waals surface area contributed by atoms with Gasteiger partial charge in [0.2, 0.25) is 0 Å². The highest BCUT2D eigenvalue weighted by atomic mass is 16.3. The lowest BCUT2D eigenvalue weighted by atomic mass is 9.95. The Balaban J connectivity index is 1.09. The fourth-order valence-corrected chi connectivity index (χ4v) is 7.29. The minimum absolute atomic E-state index is 0.691. The second-order valence-electron chi connectivity index (χ2n) is 13.2. The standard InChI is InChI=1S/C49H31N3O/c1-4-13-32(14-5-1)33-23-27-35(28-24-33)42-31-43(52-49(51-42)38-17-8-3-9-18-38)36-29-25-34(26-30-36)39-20-12-21-41-45(39)48-46(40-19-10-11-22-44(40)53-48)47(50-41)37-15-6-2-7-16-37/h1-31H. The first-order valence-electron chi connectivity index (χ1n) is 17.8. The van der Waals surface area contributed by atoms with Crippen molar-refractivity contribution in [3.8, 4) is 67.4 Å². The number of aromatic nitrogens is 3. The van der Waals surface area contributed by atoms with Gasteiger partial charge in [-0.2, -0.15) is 0 Å². The molecule has 0 amide bonds. The van der Waals surface area contributed by atoms with E-state index in [4.69, 9.17) is 19.4 Å². The first-order chi connectivity index (χ1) is 26.3. The molecule has 7 aromatic carbocycles. The van der Waals surface area contributed by atoms with Gasteiger partial charge in [0.15, 0.2) is 5.82 Å². The Hall–Kier alpha value is -7.17. The fourth-order valence-electron chi connectivity index (χ4n) is 7.29. The lowest BCUT2D eigenvalue weighted by Crippen LogP contribution is -1.96. The van der Waals surface area contributed by atoms with Gasteiger partial charge in [0.1, 0.15) is 11.2 Å². The Morgan fingerprint density at radius 3 is 1.55 bits per heavy atom. The lowest BCUT2D eigenvalue weighted by Gasteiger charge is -2.12. The van der Waals surface area contributed by atoms with E-state index >= 15 is 0 Å². The number of benzene rings is 7. The minimum Gasteiger partial charge on any atom is -0.455 e. The molecule has 0 atom stereocenters. The topological polar surface area (TPSA) is 51.8 Å². The number of pyridine rings is 1. The van der Waals surface area contributed by atoms with Crippen molar-refractivity contribution >= 4 is 32.8 Å². The van der Waals surface area contributed by atoms with Gasteiger partial charge in [-0.15, -0.1) is 0 Å². The number of rotatable bonds is 6. The number of furan rings is 1. The third kappa shape index (κ3) is 5.54. The Labute approximate surface area is 306 Å². The molecule has 4 heteroatoms. The second-order valence-corrected chi connectivity index (χ2v) is 13.2. The molecule has 0 fully saturated rings. The molecule has 0 unspecified atom stereocenters.